The van der Waals surface area contributed by atoms with E-state index in [0.29, 0.717) is 34.3 Å². The van der Waals surface area contributed by atoms with E-state index in [1.54, 1.807) is 49.4 Å². The zero-order chi connectivity index (χ0) is 23.8. The van der Waals surface area contributed by atoms with Gasteiger partial charge in [-0.2, -0.15) is 11.8 Å². The van der Waals surface area contributed by atoms with Crippen LogP contribution in [-0.2, 0) is 20.6 Å². The van der Waals surface area contributed by atoms with Crippen LogP contribution < -0.4 is 9.62 Å². The van der Waals surface area contributed by atoms with Crippen LogP contribution in [-0.4, -0.2) is 33.2 Å². The summed E-state index contributed by atoms with van der Waals surface area (Å²) in [5.74, 6) is 0.370. The van der Waals surface area contributed by atoms with Crippen molar-refractivity contribution in [3.8, 4) is 0 Å². The number of nitrogens with one attached hydrogen (secondary N) is 1. The number of anilines is 1. The lowest BCUT2D eigenvalue weighted by Gasteiger charge is -2.25. The van der Waals surface area contributed by atoms with Gasteiger partial charge >= 0.3 is 0 Å². The molecule has 0 fully saturated rings. The summed E-state index contributed by atoms with van der Waals surface area (Å²) in [5, 5.41) is 3.17. The topological polar surface area (TPSA) is 66.5 Å². The van der Waals surface area contributed by atoms with Gasteiger partial charge in [0.1, 0.15) is 12.4 Å². The van der Waals surface area contributed by atoms with Crippen LogP contribution in [0.15, 0.2) is 77.7 Å². The first-order valence-electron chi connectivity index (χ1n) is 10.2. The third-order valence-corrected chi connectivity index (χ3v) is 7.89. The zero-order valence-electron chi connectivity index (χ0n) is 18.0. The molecular weight excluding hydrogens is 483 g/mol. The average molecular weight is 507 g/mol. The summed E-state index contributed by atoms with van der Waals surface area (Å²) in [5.41, 5.74) is 1.76. The summed E-state index contributed by atoms with van der Waals surface area (Å²) in [6.45, 7) is 1.76. The van der Waals surface area contributed by atoms with Crippen LogP contribution in [0.3, 0.4) is 0 Å². The smallest absolute Gasteiger partial charge is 0.264 e. The molecule has 0 atom stereocenters. The van der Waals surface area contributed by atoms with Gasteiger partial charge in [-0.15, -0.1) is 0 Å². The summed E-state index contributed by atoms with van der Waals surface area (Å²) in [7, 11) is -4.00. The minimum atomic E-state index is -4.00. The first kappa shape index (κ1) is 25.1. The second-order valence-electron chi connectivity index (χ2n) is 7.25. The van der Waals surface area contributed by atoms with Crippen molar-refractivity contribution in [1.82, 2.24) is 5.32 Å². The maximum absolute atomic E-state index is 13.7. The van der Waals surface area contributed by atoms with Crippen LogP contribution >= 0.6 is 23.4 Å². The summed E-state index contributed by atoms with van der Waals surface area (Å²) in [6, 6.07) is 19.4. The molecule has 0 aliphatic rings. The molecule has 1 N–H and O–H groups in total. The van der Waals surface area contributed by atoms with Gasteiger partial charge in [0, 0.05) is 23.1 Å². The molecule has 0 saturated heterocycles. The molecule has 3 aromatic carbocycles. The standard InChI is InChI=1S/C24H24ClFN2O3S2/c1-18-6-2-5-9-23(18)28(33(30,31)21-12-10-20(25)11-13-21)16-24(29)27-14-15-32-17-19-7-3-4-8-22(19)26/h2-13H,14-17H2,1H3,(H,27,29). The van der Waals surface area contributed by atoms with Gasteiger partial charge in [-0.3, -0.25) is 9.10 Å². The number of carbonyl (C=O) groups excluding carboxylic acids is 1. The van der Waals surface area contributed by atoms with Crippen molar-refractivity contribution >= 4 is 45.0 Å². The number of thioether (sulfide) groups is 1. The van der Waals surface area contributed by atoms with Gasteiger partial charge in [-0.05, 0) is 54.4 Å². The van der Waals surface area contributed by atoms with Crippen molar-refractivity contribution < 1.29 is 17.6 Å². The third-order valence-electron chi connectivity index (χ3n) is 4.86. The first-order chi connectivity index (χ1) is 15.8. The molecule has 3 aromatic rings. The van der Waals surface area contributed by atoms with Crippen LogP contribution in [0, 0.1) is 12.7 Å². The number of sulfonamides is 1. The Balaban J connectivity index is 1.66. The molecule has 1 amide bonds. The fourth-order valence-electron chi connectivity index (χ4n) is 3.12. The molecule has 0 heterocycles. The summed E-state index contributed by atoms with van der Waals surface area (Å²) < 4.78 is 41.5. The summed E-state index contributed by atoms with van der Waals surface area (Å²) >= 11 is 7.39. The van der Waals surface area contributed by atoms with E-state index in [0.717, 1.165) is 9.87 Å². The van der Waals surface area contributed by atoms with Gasteiger partial charge in [0.15, 0.2) is 0 Å². The van der Waals surface area contributed by atoms with Gasteiger partial charge in [0.05, 0.1) is 10.6 Å². The van der Waals surface area contributed by atoms with Crippen molar-refractivity contribution in [3.05, 3.63) is 94.8 Å². The lowest BCUT2D eigenvalue weighted by Crippen LogP contribution is -2.41. The van der Waals surface area contributed by atoms with Gasteiger partial charge < -0.3 is 5.32 Å². The Labute approximate surface area is 203 Å². The number of para-hydroxylation sites is 1. The van der Waals surface area contributed by atoms with Crippen LogP contribution in [0.2, 0.25) is 5.02 Å². The van der Waals surface area contributed by atoms with E-state index in [2.05, 4.69) is 5.32 Å². The van der Waals surface area contributed by atoms with Crippen molar-refractivity contribution in [1.29, 1.82) is 0 Å². The Morgan fingerprint density at radius 1 is 1.03 bits per heavy atom. The Morgan fingerprint density at radius 3 is 2.39 bits per heavy atom. The average Bonchev–Trinajstić information content (AvgIpc) is 2.79. The Hall–Kier alpha value is -2.55. The summed E-state index contributed by atoms with van der Waals surface area (Å²) in [4.78, 5) is 12.7. The van der Waals surface area contributed by atoms with Crippen molar-refractivity contribution in [2.45, 2.75) is 17.6 Å². The minimum absolute atomic E-state index is 0.0448. The molecule has 174 valence electrons. The highest BCUT2D eigenvalue weighted by molar-refractivity contribution is 7.98. The molecule has 33 heavy (non-hydrogen) atoms. The monoisotopic (exact) mass is 506 g/mol. The number of carbonyl (C=O) groups is 1. The van der Waals surface area contributed by atoms with Crippen molar-refractivity contribution in [2.75, 3.05) is 23.1 Å². The highest BCUT2D eigenvalue weighted by Gasteiger charge is 2.28. The van der Waals surface area contributed by atoms with Crippen LogP contribution in [0.1, 0.15) is 11.1 Å². The number of halogens is 2. The Morgan fingerprint density at radius 2 is 1.70 bits per heavy atom. The summed E-state index contributed by atoms with van der Waals surface area (Å²) in [6.07, 6.45) is 0. The second-order valence-corrected chi connectivity index (χ2v) is 10.6. The van der Waals surface area contributed by atoms with E-state index in [4.69, 9.17) is 11.6 Å². The van der Waals surface area contributed by atoms with Gasteiger partial charge in [0.2, 0.25) is 5.91 Å². The molecule has 0 spiro atoms. The maximum atomic E-state index is 13.7. The fraction of sp³-hybridized carbons (Fsp3) is 0.208. The molecular formula is C24H24ClFN2O3S2. The van der Waals surface area contributed by atoms with Crippen LogP contribution in [0.5, 0.6) is 0 Å². The molecule has 5 nitrogen and oxygen atoms in total. The molecule has 0 radical (unpaired) electrons. The Kier molecular flexibility index (Phi) is 8.77. The van der Waals surface area contributed by atoms with E-state index >= 15 is 0 Å². The van der Waals surface area contributed by atoms with Crippen molar-refractivity contribution in [3.63, 3.8) is 0 Å². The molecule has 0 unspecified atom stereocenters. The Bertz CT molecular complexity index is 1200. The van der Waals surface area contributed by atoms with Gasteiger partial charge in [0.25, 0.3) is 10.0 Å². The largest absolute Gasteiger partial charge is 0.354 e. The normalized spacial score (nSPS) is 11.2. The van der Waals surface area contributed by atoms with Crippen LogP contribution in [0.4, 0.5) is 10.1 Å². The molecule has 0 bridgehead atoms. The number of hydrogen-bond acceptors (Lipinski definition) is 4. The second kappa shape index (κ2) is 11.5. The number of benzene rings is 3. The number of aryl methyl sites for hydroxylation is 1. The van der Waals surface area contributed by atoms with E-state index in [1.807, 2.05) is 0 Å². The molecule has 0 aromatic heterocycles. The fourth-order valence-corrected chi connectivity index (χ4v) is 5.58. The molecule has 3 rings (SSSR count). The molecule has 0 aliphatic heterocycles. The van der Waals surface area contributed by atoms with E-state index in [1.165, 1.54) is 42.1 Å². The van der Waals surface area contributed by atoms with Crippen molar-refractivity contribution in [2.24, 2.45) is 0 Å². The number of hydrogen-bond donors (Lipinski definition) is 1. The maximum Gasteiger partial charge on any atom is 0.264 e. The SMILES string of the molecule is Cc1ccccc1N(CC(=O)NCCSCc1ccccc1F)S(=O)(=O)c1ccc(Cl)cc1. The third kappa shape index (κ3) is 6.72. The van der Waals surface area contributed by atoms with E-state index < -0.39 is 15.9 Å². The first-order valence-corrected chi connectivity index (χ1v) is 13.2. The highest BCUT2D eigenvalue weighted by atomic mass is 35.5. The van der Waals surface area contributed by atoms with Gasteiger partial charge in [-0.25, -0.2) is 12.8 Å². The molecule has 0 aliphatic carbocycles. The molecule has 0 saturated carbocycles. The van der Waals surface area contributed by atoms with Gasteiger partial charge in [-0.1, -0.05) is 48.0 Å². The quantitative estimate of drug-likeness (QED) is 0.391. The number of amides is 1. The predicted octanol–water partition coefficient (Wildman–Crippen LogP) is 5.03. The van der Waals surface area contributed by atoms with E-state index in [-0.39, 0.29) is 17.3 Å². The molecule has 9 heteroatoms. The number of rotatable bonds is 10. The predicted molar refractivity (Wildman–Crippen MR) is 133 cm³/mol. The zero-order valence-corrected chi connectivity index (χ0v) is 20.4. The van der Waals surface area contributed by atoms with Crippen LogP contribution in [0.25, 0.3) is 0 Å². The highest BCUT2D eigenvalue weighted by Crippen LogP contribution is 2.27. The minimum Gasteiger partial charge on any atom is -0.354 e. The van der Waals surface area contributed by atoms with E-state index in [9.17, 15) is 17.6 Å². The number of nitrogens with zero attached hydrogens (tertiary/aromatic N) is 1. The lowest BCUT2D eigenvalue weighted by atomic mass is 10.2. The lowest BCUT2D eigenvalue weighted by molar-refractivity contribution is -0.119.